The van der Waals surface area contributed by atoms with E-state index in [0.717, 1.165) is 11.5 Å². The third-order valence-electron chi connectivity index (χ3n) is 2.04. The summed E-state index contributed by atoms with van der Waals surface area (Å²) in [5.41, 5.74) is 2.32. The van der Waals surface area contributed by atoms with Crippen molar-refractivity contribution in [1.82, 2.24) is 9.78 Å². The van der Waals surface area contributed by atoms with Crippen molar-refractivity contribution in [3.63, 3.8) is 0 Å². The van der Waals surface area contributed by atoms with E-state index in [2.05, 4.69) is 29.5 Å². The molecule has 3 heteroatoms. The largest absolute Gasteiger partial charge is 0.339 e. The highest BCUT2D eigenvalue weighted by Gasteiger charge is 1.96. The number of nitrogens with zero attached hydrogens (tertiary/aromatic N) is 2. The normalized spacial score (nSPS) is 10.1. The minimum absolute atomic E-state index is 0.872. The summed E-state index contributed by atoms with van der Waals surface area (Å²) in [5, 5.41) is 7.45. The Bertz CT molecular complexity index is 414. The molecule has 14 heavy (non-hydrogen) atoms. The van der Waals surface area contributed by atoms with Crippen LogP contribution in [-0.4, -0.2) is 9.78 Å². The van der Waals surface area contributed by atoms with Crippen molar-refractivity contribution in [2.75, 3.05) is 5.32 Å². The van der Waals surface area contributed by atoms with Crippen molar-refractivity contribution < 1.29 is 0 Å². The quantitative estimate of drug-likeness (QED) is 0.782. The van der Waals surface area contributed by atoms with Gasteiger partial charge in [-0.15, -0.1) is 0 Å². The van der Waals surface area contributed by atoms with E-state index >= 15 is 0 Å². The Morgan fingerprint density at radius 2 is 1.86 bits per heavy atom. The van der Waals surface area contributed by atoms with E-state index in [1.165, 1.54) is 5.56 Å². The first-order valence-electron chi connectivity index (χ1n) is 4.57. The fraction of sp³-hybridized carbons (Fsp3) is 0.182. The number of nitrogens with one attached hydrogen (secondary N) is 1. The molecule has 0 bridgehead atoms. The first kappa shape index (κ1) is 8.81. The molecule has 0 unspecified atom stereocenters. The monoisotopic (exact) mass is 187 g/mol. The predicted molar refractivity (Wildman–Crippen MR) is 57.7 cm³/mol. The Balaban J connectivity index is 2.15. The Kier molecular flexibility index (Phi) is 2.23. The number of rotatable bonds is 2. The number of anilines is 2. The number of benzene rings is 1. The van der Waals surface area contributed by atoms with Crippen LogP contribution in [0.15, 0.2) is 36.5 Å². The molecule has 0 amide bonds. The van der Waals surface area contributed by atoms with Gasteiger partial charge in [-0.3, -0.25) is 4.68 Å². The van der Waals surface area contributed by atoms with Gasteiger partial charge in [-0.2, -0.15) is 5.10 Å². The lowest BCUT2D eigenvalue weighted by molar-refractivity contribution is 0.771. The van der Waals surface area contributed by atoms with Crippen LogP contribution in [0.3, 0.4) is 0 Å². The van der Waals surface area contributed by atoms with Crippen LogP contribution in [0.5, 0.6) is 0 Å². The summed E-state index contributed by atoms with van der Waals surface area (Å²) >= 11 is 0. The second kappa shape index (κ2) is 3.54. The van der Waals surface area contributed by atoms with Gasteiger partial charge in [0.1, 0.15) is 0 Å². The van der Waals surface area contributed by atoms with Gasteiger partial charge in [0.15, 0.2) is 5.82 Å². The van der Waals surface area contributed by atoms with E-state index in [1.54, 1.807) is 4.68 Å². The van der Waals surface area contributed by atoms with Gasteiger partial charge in [0.05, 0.1) is 0 Å². The average Bonchev–Trinajstić information content (AvgIpc) is 2.56. The van der Waals surface area contributed by atoms with Gasteiger partial charge in [-0.05, 0) is 19.1 Å². The Morgan fingerprint density at radius 3 is 2.43 bits per heavy atom. The molecule has 0 saturated heterocycles. The van der Waals surface area contributed by atoms with E-state index in [0.29, 0.717) is 0 Å². The summed E-state index contributed by atoms with van der Waals surface area (Å²) in [6, 6.07) is 10.2. The molecule has 1 heterocycles. The zero-order chi connectivity index (χ0) is 9.97. The van der Waals surface area contributed by atoms with Crippen molar-refractivity contribution in [3.8, 4) is 0 Å². The molecule has 0 atom stereocenters. The first-order valence-corrected chi connectivity index (χ1v) is 4.57. The lowest BCUT2D eigenvalue weighted by atomic mass is 10.2. The average molecular weight is 187 g/mol. The molecule has 0 radical (unpaired) electrons. The summed E-state index contributed by atoms with van der Waals surface area (Å²) in [6.07, 6.45) is 1.91. The molecule has 0 saturated carbocycles. The molecule has 1 aromatic heterocycles. The molecule has 0 aliphatic carbocycles. The Labute approximate surface area is 83.4 Å². The summed E-state index contributed by atoms with van der Waals surface area (Å²) in [6.45, 7) is 2.07. The van der Waals surface area contributed by atoms with Crippen molar-refractivity contribution in [2.24, 2.45) is 7.05 Å². The van der Waals surface area contributed by atoms with Crippen molar-refractivity contribution in [3.05, 3.63) is 42.1 Å². The molecule has 2 aromatic rings. The second-order valence-corrected chi connectivity index (χ2v) is 3.37. The number of hydrogen-bond donors (Lipinski definition) is 1. The molecule has 0 aliphatic heterocycles. The van der Waals surface area contributed by atoms with Crippen LogP contribution in [-0.2, 0) is 7.05 Å². The first-order chi connectivity index (χ1) is 6.74. The molecule has 2 rings (SSSR count). The maximum Gasteiger partial charge on any atom is 0.152 e. The van der Waals surface area contributed by atoms with E-state index < -0.39 is 0 Å². The fourth-order valence-electron chi connectivity index (χ4n) is 1.27. The maximum absolute atomic E-state index is 4.23. The van der Waals surface area contributed by atoms with E-state index in [-0.39, 0.29) is 0 Å². The summed E-state index contributed by atoms with van der Waals surface area (Å²) < 4.78 is 1.77. The van der Waals surface area contributed by atoms with Gasteiger partial charge in [0, 0.05) is 25.0 Å². The van der Waals surface area contributed by atoms with Crippen LogP contribution in [0.25, 0.3) is 0 Å². The Morgan fingerprint density at radius 1 is 1.14 bits per heavy atom. The van der Waals surface area contributed by atoms with E-state index in [4.69, 9.17) is 0 Å². The van der Waals surface area contributed by atoms with Gasteiger partial charge < -0.3 is 5.32 Å². The lowest BCUT2D eigenvalue weighted by Crippen LogP contribution is -1.93. The highest BCUT2D eigenvalue weighted by atomic mass is 15.3. The third kappa shape index (κ3) is 1.93. The van der Waals surface area contributed by atoms with E-state index in [1.807, 2.05) is 31.4 Å². The van der Waals surface area contributed by atoms with Crippen LogP contribution < -0.4 is 5.32 Å². The van der Waals surface area contributed by atoms with Crippen molar-refractivity contribution >= 4 is 11.5 Å². The summed E-state index contributed by atoms with van der Waals surface area (Å²) in [7, 11) is 1.90. The molecule has 0 spiro atoms. The van der Waals surface area contributed by atoms with Gasteiger partial charge in [0.25, 0.3) is 0 Å². The van der Waals surface area contributed by atoms with Crippen LogP contribution >= 0.6 is 0 Å². The molecule has 3 nitrogen and oxygen atoms in total. The molecule has 72 valence electrons. The molecule has 0 fully saturated rings. The smallest absolute Gasteiger partial charge is 0.152 e. The van der Waals surface area contributed by atoms with Gasteiger partial charge >= 0.3 is 0 Å². The van der Waals surface area contributed by atoms with E-state index in [9.17, 15) is 0 Å². The number of hydrogen-bond acceptors (Lipinski definition) is 2. The SMILES string of the molecule is Cc1ccc(Nc2ccn(C)n2)cc1. The Hall–Kier alpha value is -1.77. The van der Waals surface area contributed by atoms with Gasteiger partial charge in [-0.1, -0.05) is 17.7 Å². The predicted octanol–water partition coefficient (Wildman–Crippen LogP) is 2.47. The lowest BCUT2D eigenvalue weighted by Gasteiger charge is -2.02. The molecule has 0 aliphatic rings. The van der Waals surface area contributed by atoms with Crippen LogP contribution in [0.2, 0.25) is 0 Å². The van der Waals surface area contributed by atoms with Gasteiger partial charge in [-0.25, -0.2) is 0 Å². The highest BCUT2D eigenvalue weighted by molar-refractivity contribution is 5.55. The summed E-state index contributed by atoms with van der Waals surface area (Å²) in [5.74, 6) is 0.872. The molecular formula is C11H13N3. The minimum atomic E-state index is 0.872. The second-order valence-electron chi connectivity index (χ2n) is 3.37. The highest BCUT2D eigenvalue weighted by Crippen LogP contribution is 2.14. The third-order valence-corrected chi connectivity index (χ3v) is 2.04. The number of aryl methyl sites for hydroxylation is 2. The van der Waals surface area contributed by atoms with Gasteiger partial charge in [0.2, 0.25) is 0 Å². The van der Waals surface area contributed by atoms with Crippen LogP contribution in [0.4, 0.5) is 11.5 Å². The molecular weight excluding hydrogens is 174 g/mol. The molecule has 1 N–H and O–H groups in total. The van der Waals surface area contributed by atoms with Crippen LogP contribution in [0.1, 0.15) is 5.56 Å². The van der Waals surface area contributed by atoms with Crippen molar-refractivity contribution in [1.29, 1.82) is 0 Å². The van der Waals surface area contributed by atoms with Crippen molar-refractivity contribution in [2.45, 2.75) is 6.92 Å². The fourth-order valence-corrected chi connectivity index (χ4v) is 1.27. The standard InChI is InChI=1S/C11H13N3/c1-9-3-5-10(6-4-9)12-11-7-8-14(2)13-11/h3-8H,1-2H3,(H,12,13). The number of aromatic nitrogens is 2. The summed E-state index contributed by atoms with van der Waals surface area (Å²) in [4.78, 5) is 0. The molecule has 1 aromatic carbocycles. The minimum Gasteiger partial charge on any atom is -0.339 e. The zero-order valence-corrected chi connectivity index (χ0v) is 8.36. The zero-order valence-electron chi connectivity index (χ0n) is 8.36. The topological polar surface area (TPSA) is 29.9 Å². The van der Waals surface area contributed by atoms with Crippen LogP contribution in [0, 0.1) is 6.92 Å². The maximum atomic E-state index is 4.23.